The Bertz CT molecular complexity index is 1540. The minimum absolute atomic E-state index is 0.0506. The van der Waals surface area contributed by atoms with Gasteiger partial charge in [-0.1, -0.05) is 0 Å². The van der Waals surface area contributed by atoms with Crippen LogP contribution in [0, 0.1) is 0 Å². The summed E-state index contributed by atoms with van der Waals surface area (Å²) in [7, 11) is 0. The van der Waals surface area contributed by atoms with Crippen LogP contribution in [0.25, 0.3) is 16.1 Å². The molecule has 2 aliphatic heterocycles. The van der Waals surface area contributed by atoms with Crippen molar-refractivity contribution in [3.8, 4) is 10.4 Å². The fourth-order valence-electron chi connectivity index (χ4n) is 6.76. The van der Waals surface area contributed by atoms with E-state index in [9.17, 15) is 4.79 Å². The summed E-state index contributed by atoms with van der Waals surface area (Å²) in [6.45, 7) is 0.435. The Morgan fingerprint density at radius 3 is 2.45 bits per heavy atom. The van der Waals surface area contributed by atoms with Crippen LogP contribution in [-0.4, -0.2) is 57.7 Å². The molecule has 8 rings (SSSR count). The molecule has 1 amide bonds. The van der Waals surface area contributed by atoms with Crippen molar-refractivity contribution >= 4 is 28.7 Å². The normalized spacial score (nSPS) is 25.0. The maximum Gasteiger partial charge on any atom is 0.291 e. The molecule has 2 saturated heterocycles. The highest BCUT2D eigenvalue weighted by molar-refractivity contribution is 7.15. The number of hydrogen-bond acceptors (Lipinski definition) is 9. The molecule has 0 aromatic carbocycles. The molecule has 12 heteroatoms. The number of nitrogens with two attached hydrogens (primary N) is 2. The van der Waals surface area contributed by atoms with E-state index >= 15 is 0 Å². The number of H-pyrrole nitrogens is 1. The molecule has 6 heterocycles. The highest BCUT2D eigenvalue weighted by atomic mass is 32.1. The molecule has 4 aromatic heterocycles. The molecular weight excluding hydrogens is 500 g/mol. The smallest absolute Gasteiger partial charge is 0.291 e. The lowest BCUT2D eigenvalue weighted by Crippen LogP contribution is -2.46. The predicted molar refractivity (Wildman–Crippen MR) is 142 cm³/mol. The average Bonchev–Trinajstić information content (AvgIpc) is 3.76. The molecular formula is C26H30N10OS. The van der Waals surface area contributed by atoms with Gasteiger partial charge in [0.05, 0.1) is 28.0 Å². The monoisotopic (exact) mass is 530 g/mol. The largest absolute Gasteiger partial charge is 0.383 e. The molecule has 196 valence electrons. The third-order valence-electron chi connectivity index (χ3n) is 8.79. The van der Waals surface area contributed by atoms with Crippen LogP contribution in [0.4, 0.5) is 5.82 Å². The summed E-state index contributed by atoms with van der Waals surface area (Å²) in [5, 5.41) is 12.3. The number of carbonyl (C=O) groups is 1. The van der Waals surface area contributed by atoms with Crippen molar-refractivity contribution in [3.05, 3.63) is 40.3 Å². The van der Waals surface area contributed by atoms with Gasteiger partial charge in [0, 0.05) is 36.0 Å². The lowest BCUT2D eigenvalue weighted by molar-refractivity contribution is 0.0557. The van der Waals surface area contributed by atoms with Crippen LogP contribution in [-0.2, 0) is 6.54 Å². The maximum atomic E-state index is 13.2. The highest BCUT2D eigenvalue weighted by Crippen LogP contribution is 2.51. The van der Waals surface area contributed by atoms with E-state index in [-0.39, 0.29) is 23.9 Å². The fourth-order valence-corrected chi connectivity index (χ4v) is 7.80. The first-order valence-electron chi connectivity index (χ1n) is 13.7. The van der Waals surface area contributed by atoms with Crippen molar-refractivity contribution < 1.29 is 4.79 Å². The fraction of sp³-hybridized carbons (Fsp3) is 0.538. The second-order valence-electron chi connectivity index (χ2n) is 11.3. The third kappa shape index (κ3) is 3.42. The first kappa shape index (κ1) is 22.6. The van der Waals surface area contributed by atoms with Gasteiger partial charge in [-0.3, -0.25) is 9.89 Å². The van der Waals surface area contributed by atoms with Crippen LogP contribution in [0.3, 0.4) is 0 Å². The van der Waals surface area contributed by atoms with E-state index in [2.05, 4.69) is 15.2 Å². The van der Waals surface area contributed by atoms with Crippen molar-refractivity contribution in [3.63, 3.8) is 0 Å². The number of fused-ring (bicyclic) bond motifs is 3. The molecule has 4 fully saturated rings. The number of aromatic amines is 1. The molecule has 0 spiro atoms. The van der Waals surface area contributed by atoms with E-state index in [4.69, 9.17) is 26.5 Å². The number of nitrogens with zero attached hydrogens (tertiary/aromatic N) is 7. The maximum absolute atomic E-state index is 13.2. The standard InChI is InChI=1S/C26H30N10OS/c27-9-18-32-21(13-3-4-13)22(38-18)17-10-31-36-23(28)19(12-1-2-12)20(33-25(17)36)14-7-15-5-6-16(8-14)35(15)26(37)24-29-11-30-34-24/h10-16H,1-9,27-28H2,(H,29,30,34)/t14?,15-,16+. The van der Waals surface area contributed by atoms with Crippen LogP contribution in [0.1, 0.15) is 102 Å². The number of amides is 1. The van der Waals surface area contributed by atoms with Crippen molar-refractivity contribution in [1.29, 1.82) is 0 Å². The van der Waals surface area contributed by atoms with Gasteiger partial charge in [0.25, 0.3) is 5.91 Å². The van der Waals surface area contributed by atoms with Crippen LogP contribution in [0.2, 0.25) is 0 Å². The molecule has 11 nitrogen and oxygen atoms in total. The first-order chi connectivity index (χ1) is 18.6. The summed E-state index contributed by atoms with van der Waals surface area (Å²) < 4.78 is 1.84. The minimum atomic E-state index is -0.0506. The van der Waals surface area contributed by atoms with Gasteiger partial charge in [-0.25, -0.2) is 15.0 Å². The van der Waals surface area contributed by atoms with Crippen molar-refractivity contribution in [2.24, 2.45) is 5.73 Å². The Kier molecular flexibility index (Phi) is 4.94. The molecule has 2 saturated carbocycles. The number of anilines is 1. The van der Waals surface area contributed by atoms with Crippen molar-refractivity contribution in [2.75, 3.05) is 5.73 Å². The molecule has 0 radical (unpaired) electrons. The molecule has 3 atom stereocenters. The van der Waals surface area contributed by atoms with Crippen LogP contribution < -0.4 is 11.5 Å². The first-order valence-corrected chi connectivity index (χ1v) is 14.5. The Morgan fingerprint density at radius 2 is 1.79 bits per heavy atom. The molecule has 5 N–H and O–H groups in total. The van der Waals surface area contributed by atoms with Crippen molar-refractivity contribution in [2.45, 2.75) is 87.7 Å². The molecule has 4 aliphatic rings. The van der Waals surface area contributed by atoms with Gasteiger partial charge in [0.15, 0.2) is 5.65 Å². The zero-order valence-corrected chi connectivity index (χ0v) is 21.8. The van der Waals surface area contributed by atoms with E-state index < -0.39 is 0 Å². The summed E-state index contributed by atoms with van der Waals surface area (Å²) in [6, 6.07) is 0.337. The lowest BCUT2D eigenvalue weighted by atomic mass is 9.85. The zero-order chi connectivity index (χ0) is 25.5. The van der Waals surface area contributed by atoms with Gasteiger partial charge in [0.2, 0.25) is 5.82 Å². The summed E-state index contributed by atoms with van der Waals surface area (Å²) in [5.74, 6) is 2.17. The second-order valence-corrected chi connectivity index (χ2v) is 12.3. The van der Waals surface area contributed by atoms with Gasteiger partial charge < -0.3 is 16.4 Å². The number of carbonyl (C=O) groups excluding carboxylic acids is 1. The van der Waals surface area contributed by atoms with Crippen molar-refractivity contribution in [1.82, 2.24) is 39.7 Å². The van der Waals surface area contributed by atoms with E-state index in [1.165, 1.54) is 24.7 Å². The lowest BCUT2D eigenvalue weighted by Gasteiger charge is -2.39. The van der Waals surface area contributed by atoms with Gasteiger partial charge in [-0.05, 0) is 57.3 Å². The number of rotatable bonds is 6. The Labute approximate surface area is 223 Å². The summed E-state index contributed by atoms with van der Waals surface area (Å²) in [6.07, 6.45) is 11.7. The summed E-state index contributed by atoms with van der Waals surface area (Å²) in [4.78, 5) is 30.7. The Hall–Kier alpha value is -3.38. The SMILES string of the molecule is NCc1nc(C2CC2)c(-c2cnn3c(N)c(C4CC4)c(C4C[C@H]5CC[C@@H](C4)N5C(=O)c4ncn[nH]4)nc23)s1. The summed E-state index contributed by atoms with van der Waals surface area (Å²) in [5.41, 5.74) is 18.1. The number of nitrogen functional groups attached to an aromatic ring is 1. The average molecular weight is 531 g/mol. The molecule has 2 bridgehead atoms. The van der Waals surface area contributed by atoms with E-state index in [0.717, 1.165) is 71.0 Å². The highest BCUT2D eigenvalue weighted by Gasteiger charge is 2.46. The minimum Gasteiger partial charge on any atom is -0.383 e. The topological polar surface area (TPSA) is 157 Å². The van der Waals surface area contributed by atoms with Crippen LogP contribution in [0.5, 0.6) is 0 Å². The second kappa shape index (κ2) is 8.31. The zero-order valence-electron chi connectivity index (χ0n) is 21.0. The van der Waals surface area contributed by atoms with E-state index in [0.29, 0.717) is 30.0 Å². The predicted octanol–water partition coefficient (Wildman–Crippen LogP) is 3.32. The van der Waals surface area contributed by atoms with Gasteiger partial charge in [-0.2, -0.15) is 14.7 Å². The molecule has 1 unspecified atom stereocenters. The number of piperidine rings is 1. The summed E-state index contributed by atoms with van der Waals surface area (Å²) >= 11 is 1.66. The van der Waals surface area contributed by atoms with Crippen LogP contribution in [0.15, 0.2) is 12.5 Å². The number of aromatic nitrogens is 7. The third-order valence-corrected chi connectivity index (χ3v) is 9.92. The number of nitrogens with one attached hydrogen (secondary N) is 1. The number of hydrogen-bond donors (Lipinski definition) is 3. The Morgan fingerprint density at radius 1 is 1.03 bits per heavy atom. The Balaban J connectivity index is 1.21. The van der Waals surface area contributed by atoms with E-state index in [1.807, 2.05) is 15.6 Å². The molecule has 4 aromatic rings. The molecule has 38 heavy (non-hydrogen) atoms. The van der Waals surface area contributed by atoms with Crippen LogP contribution >= 0.6 is 11.3 Å². The van der Waals surface area contributed by atoms with E-state index in [1.54, 1.807) is 11.3 Å². The molecule has 2 aliphatic carbocycles. The van der Waals surface area contributed by atoms with Gasteiger partial charge in [0.1, 0.15) is 17.2 Å². The van der Waals surface area contributed by atoms with Gasteiger partial charge in [-0.15, -0.1) is 11.3 Å². The van der Waals surface area contributed by atoms with Gasteiger partial charge >= 0.3 is 0 Å². The number of thiazole rings is 1. The quantitative estimate of drug-likeness (QED) is 0.343.